The molecule has 6 N–H and O–H groups in total. The number of rotatable bonds is 4. The number of guanidine groups is 2. The Kier molecular flexibility index (Phi) is 6.21. The highest BCUT2D eigenvalue weighted by molar-refractivity contribution is 5.93. The fourth-order valence-electron chi connectivity index (χ4n) is 2.72. The molecular formula is C17H27N7O. The van der Waals surface area contributed by atoms with Gasteiger partial charge in [-0.1, -0.05) is 13.8 Å². The van der Waals surface area contributed by atoms with Gasteiger partial charge in [-0.15, -0.1) is 0 Å². The highest BCUT2D eigenvalue weighted by Crippen LogP contribution is 2.21. The number of amides is 1. The van der Waals surface area contributed by atoms with Crippen LogP contribution in [0.15, 0.2) is 34.3 Å². The van der Waals surface area contributed by atoms with Crippen LogP contribution in [0, 0.1) is 5.92 Å². The van der Waals surface area contributed by atoms with Crippen molar-refractivity contribution < 1.29 is 4.79 Å². The third kappa shape index (κ3) is 5.66. The number of carbonyl (C=O) groups excluding carboxylic acids is 1. The lowest BCUT2D eigenvalue weighted by molar-refractivity contribution is -0.132. The Morgan fingerprint density at radius 2 is 1.68 bits per heavy atom. The maximum absolute atomic E-state index is 12.1. The van der Waals surface area contributed by atoms with E-state index in [1.807, 2.05) is 29.2 Å². The molecule has 1 amide bonds. The van der Waals surface area contributed by atoms with Crippen molar-refractivity contribution in [2.24, 2.45) is 33.1 Å². The minimum atomic E-state index is -0.122. The zero-order valence-corrected chi connectivity index (χ0v) is 14.9. The van der Waals surface area contributed by atoms with Gasteiger partial charge < -0.3 is 27.0 Å². The van der Waals surface area contributed by atoms with Crippen LogP contribution < -0.4 is 22.1 Å². The average Bonchev–Trinajstić information content (AvgIpc) is 2.54. The van der Waals surface area contributed by atoms with Crippen LogP contribution in [-0.4, -0.2) is 48.9 Å². The Bertz CT molecular complexity index is 639. The van der Waals surface area contributed by atoms with Crippen molar-refractivity contribution in [2.45, 2.75) is 20.3 Å². The van der Waals surface area contributed by atoms with E-state index in [0.29, 0.717) is 18.0 Å². The average molecular weight is 345 g/mol. The molecule has 1 aliphatic rings. The lowest BCUT2D eigenvalue weighted by Crippen LogP contribution is -2.49. The van der Waals surface area contributed by atoms with E-state index in [9.17, 15) is 4.79 Å². The first-order valence-electron chi connectivity index (χ1n) is 8.41. The van der Waals surface area contributed by atoms with Crippen molar-refractivity contribution in [3.63, 3.8) is 0 Å². The predicted octanol–water partition coefficient (Wildman–Crippen LogP) is 0.601. The second-order valence-electron chi connectivity index (χ2n) is 6.49. The van der Waals surface area contributed by atoms with Gasteiger partial charge in [-0.05, 0) is 30.2 Å². The molecular weight excluding hydrogens is 318 g/mol. The number of aliphatic imine (C=N–C) groups is 2. The molecule has 136 valence electrons. The molecule has 8 heteroatoms. The summed E-state index contributed by atoms with van der Waals surface area (Å²) in [6.07, 6.45) is 0.615. The molecule has 0 aliphatic carbocycles. The van der Waals surface area contributed by atoms with E-state index >= 15 is 0 Å². The molecule has 0 saturated carbocycles. The van der Waals surface area contributed by atoms with Crippen molar-refractivity contribution in [3.8, 4) is 0 Å². The summed E-state index contributed by atoms with van der Waals surface area (Å²) in [6, 6.07) is 7.68. The van der Waals surface area contributed by atoms with Gasteiger partial charge in [0.1, 0.15) is 0 Å². The summed E-state index contributed by atoms with van der Waals surface area (Å²) in [7, 11) is 0. The van der Waals surface area contributed by atoms with Crippen LogP contribution in [0.25, 0.3) is 0 Å². The van der Waals surface area contributed by atoms with Gasteiger partial charge in [-0.25, -0.2) is 4.99 Å². The van der Waals surface area contributed by atoms with Gasteiger partial charge in [0.05, 0.1) is 5.69 Å². The summed E-state index contributed by atoms with van der Waals surface area (Å²) in [5.41, 5.74) is 17.9. The smallest absolute Gasteiger partial charge is 0.223 e. The van der Waals surface area contributed by atoms with Crippen molar-refractivity contribution in [1.29, 1.82) is 0 Å². The molecule has 0 bridgehead atoms. The maximum atomic E-state index is 12.1. The fraction of sp³-hybridized carbons (Fsp3) is 0.471. The number of hydrogen-bond acceptors (Lipinski definition) is 3. The molecule has 1 fully saturated rings. The SMILES string of the molecule is CC(C)CC(=O)N1CCN(c2ccc(N=C(N)N=C(N)N)cc2)CC1. The van der Waals surface area contributed by atoms with Crippen LogP contribution >= 0.6 is 0 Å². The normalized spacial score (nSPS) is 15.4. The van der Waals surface area contributed by atoms with Crippen LogP contribution in [0.4, 0.5) is 11.4 Å². The van der Waals surface area contributed by atoms with Crippen LogP contribution in [0.2, 0.25) is 0 Å². The monoisotopic (exact) mass is 345 g/mol. The van der Waals surface area contributed by atoms with Crippen molar-refractivity contribution in [2.75, 3.05) is 31.1 Å². The zero-order chi connectivity index (χ0) is 18.4. The van der Waals surface area contributed by atoms with Crippen molar-refractivity contribution >= 4 is 29.2 Å². The zero-order valence-electron chi connectivity index (χ0n) is 14.9. The molecule has 0 atom stereocenters. The van der Waals surface area contributed by atoms with E-state index in [2.05, 4.69) is 28.7 Å². The van der Waals surface area contributed by atoms with E-state index in [0.717, 1.165) is 31.9 Å². The topological polar surface area (TPSA) is 126 Å². The number of benzene rings is 1. The van der Waals surface area contributed by atoms with E-state index in [1.54, 1.807) is 0 Å². The van der Waals surface area contributed by atoms with E-state index in [4.69, 9.17) is 17.2 Å². The molecule has 8 nitrogen and oxygen atoms in total. The van der Waals surface area contributed by atoms with Gasteiger partial charge >= 0.3 is 0 Å². The summed E-state index contributed by atoms with van der Waals surface area (Å²) in [6.45, 7) is 7.28. The Labute approximate surface area is 148 Å². The quantitative estimate of drug-likeness (QED) is 0.544. The molecule has 1 aliphatic heterocycles. The molecule has 1 saturated heterocycles. The summed E-state index contributed by atoms with van der Waals surface area (Å²) >= 11 is 0. The predicted molar refractivity (Wildman–Crippen MR) is 102 cm³/mol. The summed E-state index contributed by atoms with van der Waals surface area (Å²) in [4.78, 5) is 24.1. The lowest BCUT2D eigenvalue weighted by atomic mass is 10.1. The molecule has 0 spiro atoms. The third-order valence-electron chi connectivity index (χ3n) is 3.92. The van der Waals surface area contributed by atoms with Crippen LogP contribution in [0.3, 0.4) is 0 Å². The second-order valence-corrected chi connectivity index (χ2v) is 6.49. The molecule has 1 aromatic rings. The van der Waals surface area contributed by atoms with Gasteiger partial charge in [-0.3, -0.25) is 4.79 Å². The van der Waals surface area contributed by atoms with Crippen LogP contribution in [-0.2, 0) is 4.79 Å². The van der Waals surface area contributed by atoms with Crippen molar-refractivity contribution in [3.05, 3.63) is 24.3 Å². The van der Waals surface area contributed by atoms with E-state index < -0.39 is 0 Å². The number of hydrogen-bond donors (Lipinski definition) is 3. The molecule has 1 heterocycles. The molecule has 1 aromatic carbocycles. The standard InChI is InChI=1S/C17H27N7O/c1-12(2)11-15(25)24-9-7-23(8-10-24)14-5-3-13(4-6-14)21-17(20)22-16(18)19/h3-6,12H,7-11H2,1-2H3,(H6,18,19,20,21,22). The van der Waals surface area contributed by atoms with E-state index in [1.165, 1.54) is 0 Å². The molecule has 0 unspecified atom stereocenters. The Balaban J connectivity index is 1.94. The number of nitrogens with zero attached hydrogens (tertiary/aromatic N) is 4. The summed E-state index contributed by atoms with van der Waals surface area (Å²) in [5, 5.41) is 0. The minimum absolute atomic E-state index is 0.0185. The number of carbonyl (C=O) groups is 1. The lowest BCUT2D eigenvalue weighted by Gasteiger charge is -2.36. The summed E-state index contributed by atoms with van der Waals surface area (Å²) < 4.78 is 0. The van der Waals surface area contributed by atoms with Gasteiger partial charge in [-0.2, -0.15) is 4.99 Å². The van der Waals surface area contributed by atoms with E-state index in [-0.39, 0.29) is 17.8 Å². The van der Waals surface area contributed by atoms with Gasteiger partial charge in [0, 0.05) is 38.3 Å². The molecule has 2 rings (SSSR count). The number of nitrogens with two attached hydrogens (primary N) is 3. The highest BCUT2D eigenvalue weighted by atomic mass is 16.2. The first-order chi connectivity index (χ1) is 11.8. The summed E-state index contributed by atoms with van der Waals surface area (Å²) in [5.74, 6) is 0.535. The Morgan fingerprint density at radius 1 is 1.08 bits per heavy atom. The van der Waals surface area contributed by atoms with Crippen LogP contribution in [0.5, 0.6) is 0 Å². The fourth-order valence-corrected chi connectivity index (χ4v) is 2.72. The van der Waals surface area contributed by atoms with Gasteiger partial charge in [0.25, 0.3) is 0 Å². The van der Waals surface area contributed by atoms with Gasteiger partial charge in [0.15, 0.2) is 5.96 Å². The van der Waals surface area contributed by atoms with Crippen molar-refractivity contribution in [1.82, 2.24) is 4.90 Å². The largest absolute Gasteiger partial charge is 0.370 e. The molecule has 25 heavy (non-hydrogen) atoms. The number of piperazine rings is 1. The molecule has 0 radical (unpaired) electrons. The Morgan fingerprint density at radius 3 is 2.20 bits per heavy atom. The maximum Gasteiger partial charge on any atom is 0.223 e. The second kappa shape index (κ2) is 8.36. The first kappa shape index (κ1) is 18.6. The number of anilines is 1. The molecule has 0 aromatic heterocycles. The Hall–Kier alpha value is -2.77. The highest BCUT2D eigenvalue weighted by Gasteiger charge is 2.21. The van der Waals surface area contributed by atoms with Crippen LogP contribution in [0.1, 0.15) is 20.3 Å². The van der Waals surface area contributed by atoms with Gasteiger partial charge in [0.2, 0.25) is 11.9 Å². The third-order valence-corrected chi connectivity index (χ3v) is 3.92. The minimum Gasteiger partial charge on any atom is -0.370 e. The first-order valence-corrected chi connectivity index (χ1v) is 8.41.